The minimum atomic E-state index is -3.56. The fourth-order valence-corrected chi connectivity index (χ4v) is 3.84. The zero-order valence-electron chi connectivity index (χ0n) is 7.01. The maximum absolute atomic E-state index is 11.1. The van der Waals surface area contributed by atoms with Gasteiger partial charge in [0.25, 0.3) is 0 Å². The molecule has 0 bridgehead atoms. The van der Waals surface area contributed by atoms with E-state index in [0.717, 1.165) is 9.77 Å². The second-order valence-corrected chi connectivity index (χ2v) is 6.46. The van der Waals surface area contributed by atoms with Gasteiger partial charge < -0.3 is 0 Å². The Morgan fingerprint density at radius 2 is 2.07 bits per heavy atom. The van der Waals surface area contributed by atoms with Crippen molar-refractivity contribution in [1.82, 2.24) is 0 Å². The number of nitrogens with two attached hydrogens (primary N) is 1. The zero-order valence-corrected chi connectivity index (χ0v) is 9.45. The van der Waals surface area contributed by atoms with Gasteiger partial charge in [0.05, 0.1) is 0 Å². The van der Waals surface area contributed by atoms with Crippen molar-refractivity contribution in [2.75, 3.05) is 0 Å². The van der Waals surface area contributed by atoms with Gasteiger partial charge in [-0.15, -0.1) is 11.3 Å². The average Bonchev–Trinajstić information content (AvgIpc) is 2.38. The Balaban J connectivity index is 2.54. The highest BCUT2D eigenvalue weighted by Gasteiger charge is 2.15. The maximum atomic E-state index is 11.1. The van der Waals surface area contributed by atoms with Crippen molar-refractivity contribution < 1.29 is 8.42 Å². The predicted molar refractivity (Wildman–Crippen MR) is 59.7 cm³/mol. The first kappa shape index (κ1) is 9.97. The van der Waals surface area contributed by atoms with E-state index in [1.54, 1.807) is 6.07 Å². The number of sulfonamides is 1. The van der Waals surface area contributed by atoms with Crippen LogP contribution in [-0.4, -0.2) is 8.42 Å². The van der Waals surface area contributed by atoms with Gasteiger partial charge in [0.1, 0.15) is 4.21 Å². The second-order valence-electron chi connectivity index (χ2n) is 2.64. The number of allylic oxidation sites excluding steroid dienone is 2. The molecule has 14 heavy (non-hydrogen) atoms. The molecular formula is C8H7NO2S3. The van der Waals surface area contributed by atoms with Crippen LogP contribution in [0.5, 0.6) is 0 Å². The molecule has 74 valence electrons. The van der Waals surface area contributed by atoms with Crippen LogP contribution in [-0.2, 0) is 10.0 Å². The summed E-state index contributed by atoms with van der Waals surface area (Å²) >= 11 is 2.69. The molecule has 1 aromatic rings. The molecule has 6 heteroatoms. The molecule has 0 aromatic carbocycles. The second kappa shape index (κ2) is 3.54. The van der Waals surface area contributed by atoms with E-state index in [9.17, 15) is 8.42 Å². The third-order valence-corrected chi connectivity index (χ3v) is 5.15. The van der Waals surface area contributed by atoms with E-state index in [4.69, 9.17) is 5.14 Å². The summed E-state index contributed by atoms with van der Waals surface area (Å²) < 4.78 is 22.4. The molecule has 0 atom stereocenters. The molecule has 1 aliphatic heterocycles. The number of thioether (sulfide) groups is 1. The molecule has 1 aliphatic rings. The number of primary sulfonamides is 1. The number of hydrogen-bond acceptors (Lipinski definition) is 4. The average molecular weight is 245 g/mol. The zero-order chi connectivity index (χ0) is 10.2. The van der Waals surface area contributed by atoms with Crippen LogP contribution in [0.1, 0.15) is 4.88 Å². The van der Waals surface area contributed by atoms with Crippen LogP contribution in [0.3, 0.4) is 0 Å². The fourth-order valence-electron chi connectivity index (χ4n) is 1.02. The smallest absolute Gasteiger partial charge is 0.224 e. The van der Waals surface area contributed by atoms with Crippen molar-refractivity contribution in [3.05, 3.63) is 28.5 Å². The van der Waals surface area contributed by atoms with Gasteiger partial charge in [-0.3, -0.25) is 0 Å². The van der Waals surface area contributed by atoms with Crippen LogP contribution >= 0.6 is 23.1 Å². The molecule has 2 rings (SSSR count). The molecule has 2 heterocycles. The standard InChI is InChI=1S/C8H7NO2S3/c9-14(10,11)8-5-7-6(13-8)3-1-2-4-12-7/h1-5H,(H2,9,10,11). The molecule has 0 saturated heterocycles. The summed E-state index contributed by atoms with van der Waals surface area (Å²) in [5.41, 5.74) is 0. The van der Waals surface area contributed by atoms with Crippen LogP contribution in [0.2, 0.25) is 0 Å². The van der Waals surface area contributed by atoms with Gasteiger partial charge in [0.2, 0.25) is 10.0 Å². The topological polar surface area (TPSA) is 60.2 Å². The molecule has 3 nitrogen and oxygen atoms in total. The Hall–Kier alpha value is -0.560. The summed E-state index contributed by atoms with van der Waals surface area (Å²) in [4.78, 5) is 1.87. The molecule has 0 radical (unpaired) electrons. The molecule has 0 spiro atoms. The molecule has 0 saturated carbocycles. The van der Waals surface area contributed by atoms with Gasteiger partial charge in [-0.05, 0) is 17.6 Å². The Labute approximate surface area is 90.4 Å². The lowest BCUT2D eigenvalue weighted by Crippen LogP contribution is -2.09. The Kier molecular flexibility index (Phi) is 2.52. The SMILES string of the molecule is NS(=O)(=O)c1cc2c(s1)C=CC=CS2. The highest BCUT2D eigenvalue weighted by Crippen LogP contribution is 2.35. The first-order valence-electron chi connectivity index (χ1n) is 3.74. The summed E-state index contributed by atoms with van der Waals surface area (Å²) in [5, 5.41) is 6.94. The highest BCUT2D eigenvalue weighted by molar-refractivity contribution is 8.02. The third-order valence-electron chi connectivity index (χ3n) is 1.62. The van der Waals surface area contributed by atoms with Crippen molar-refractivity contribution >= 4 is 39.2 Å². The normalized spacial score (nSPS) is 15.2. The van der Waals surface area contributed by atoms with Gasteiger partial charge in [-0.1, -0.05) is 23.9 Å². The summed E-state index contributed by atoms with van der Waals surface area (Å²) in [5.74, 6) is 0. The molecule has 1 aromatic heterocycles. The summed E-state index contributed by atoms with van der Waals surface area (Å²) in [6.07, 6.45) is 5.67. The number of fused-ring (bicyclic) bond motifs is 1. The lowest BCUT2D eigenvalue weighted by atomic mass is 10.4. The monoisotopic (exact) mass is 245 g/mol. The minimum absolute atomic E-state index is 0.218. The fraction of sp³-hybridized carbons (Fsp3) is 0. The first-order valence-corrected chi connectivity index (χ1v) is 6.98. The van der Waals surface area contributed by atoms with Gasteiger partial charge in [-0.25, -0.2) is 13.6 Å². The third kappa shape index (κ3) is 1.93. The van der Waals surface area contributed by atoms with Gasteiger partial charge in [0, 0.05) is 9.77 Å². The maximum Gasteiger partial charge on any atom is 0.247 e. The van der Waals surface area contributed by atoms with Crippen LogP contribution in [0.25, 0.3) is 6.08 Å². The Morgan fingerprint density at radius 1 is 1.29 bits per heavy atom. The molecular weight excluding hydrogens is 238 g/mol. The van der Waals surface area contributed by atoms with Crippen molar-refractivity contribution in [1.29, 1.82) is 0 Å². The van der Waals surface area contributed by atoms with Crippen molar-refractivity contribution in [3.63, 3.8) is 0 Å². The quantitative estimate of drug-likeness (QED) is 0.823. The number of hydrogen-bond donors (Lipinski definition) is 1. The van der Waals surface area contributed by atoms with Crippen molar-refractivity contribution in [2.24, 2.45) is 5.14 Å². The number of rotatable bonds is 1. The van der Waals surface area contributed by atoms with E-state index in [-0.39, 0.29) is 4.21 Å². The van der Waals surface area contributed by atoms with E-state index in [2.05, 4.69) is 0 Å². The van der Waals surface area contributed by atoms with E-state index in [1.165, 1.54) is 23.1 Å². The molecule has 0 amide bonds. The van der Waals surface area contributed by atoms with Crippen LogP contribution in [0.15, 0.2) is 32.7 Å². The summed E-state index contributed by atoms with van der Waals surface area (Å²) in [6, 6.07) is 1.61. The largest absolute Gasteiger partial charge is 0.247 e. The lowest BCUT2D eigenvalue weighted by molar-refractivity contribution is 0.599. The lowest BCUT2D eigenvalue weighted by Gasteiger charge is -1.88. The van der Waals surface area contributed by atoms with Crippen LogP contribution < -0.4 is 5.14 Å². The van der Waals surface area contributed by atoms with E-state index in [1.807, 2.05) is 23.6 Å². The van der Waals surface area contributed by atoms with Crippen LogP contribution in [0, 0.1) is 0 Å². The number of thiophene rings is 1. The van der Waals surface area contributed by atoms with E-state index in [0.29, 0.717) is 0 Å². The summed E-state index contributed by atoms with van der Waals surface area (Å²) in [6.45, 7) is 0. The summed E-state index contributed by atoms with van der Waals surface area (Å²) in [7, 11) is -3.56. The molecule has 0 fully saturated rings. The van der Waals surface area contributed by atoms with Crippen molar-refractivity contribution in [3.8, 4) is 0 Å². The first-order chi connectivity index (χ1) is 6.57. The Morgan fingerprint density at radius 3 is 2.79 bits per heavy atom. The molecule has 2 N–H and O–H groups in total. The van der Waals surface area contributed by atoms with E-state index >= 15 is 0 Å². The Bertz CT molecular complexity index is 511. The molecule has 0 aliphatic carbocycles. The van der Waals surface area contributed by atoms with Gasteiger partial charge >= 0.3 is 0 Å². The van der Waals surface area contributed by atoms with Gasteiger partial charge in [0.15, 0.2) is 0 Å². The van der Waals surface area contributed by atoms with E-state index < -0.39 is 10.0 Å². The van der Waals surface area contributed by atoms with Crippen molar-refractivity contribution in [2.45, 2.75) is 9.10 Å². The van der Waals surface area contributed by atoms with Gasteiger partial charge in [-0.2, -0.15) is 0 Å². The highest BCUT2D eigenvalue weighted by atomic mass is 32.2. The van der Waals surface area contributed by atoms with Crippen LogP contribution in [0.4, 0.5) is 0 Å². The minimum Gasteiger partial charge on any atom is -0.224 e. The molecule has 0 unspecified atom stereocenters. The predicted octanol–water partition coefficient (Wildman–Crippen LogP) is 2.03.